The number of rotatable bonds is 8. The number of aliphatic imine (C=N–C) groups is 1. The van der Waals surface area contributed by atoms with Crippen LogP contribution < -0.4 is 15.4 Å². The number of carbonyl (C=O) groups excluding carboxylic acids is 1. The highest BCUT2D eigenvalue weighted by molar-refractivity contribution is 14.0. The quantitative estimate of drug-likeness (QED) is 0.232. The van der Waals surface area contributed by atoms with E-state index in [4.69, 9.17) is 4.74 Å². The predicted molar refractivity (Wildman–Crippen MR) is 129 cm³/mol. The minimum Gasteiger partial charge on any atom is -0.494 e. The molecular formula is C21H33FIN5O2. The molecule has 0 aromatic heterocycles. The molecule has 2 N–H and O–H groups in total. The smallest absolute Gasteiger partial charge is 0.243 e. The first-order valence-corrected chi connectivity index (χ1v) is 9.83. The van der Waals surface area contributed by atoms with Gasteiger partial charge < -0.3 is 20.3 Å². The first-order valence-electron chi connectivity index (χ1n) is 9.83. The van der Waals surface area contributed by atoms with Gasteiger partial charge in [0.15, 0.2) is 17.5 Å². The lowest BCUT2D eigenvalue weighted by atomic mass is 10.0. The monoisotopic (exact) mass is 533 g/mol. The van der Waals surface area contributed by atoms with E-state index in [1.807, 2.05) is 6.07 Å². The molecule has 1 aromatic rings. The van der Waals surface area contributed by atoms with E-state index in [0.717, 1.165) is 31.5 Å². The molecule has 1 fully saturated rings. The number of likely N-dealkylation sites (N-methyl/N-ethyl adjacent to an activating group) is 1. The molecule has 30 heavy (non-hydrogen) atoms. The van der Waals surface area contributed by atoms with Crippen LogP contribution in [0.4, 0.5) is 4.39 Å². The van der Waals surface area contributed by atoms with Crippen molar-refractivity contribution in [2.24, 2.45) is 4.99 Å². The van der Waals surface area contributed by atoms with Gasteiger partial charge in [0.1, 0.15) is 6.54 Å². The molecule has 0 bridgehead atoms. The number of nitrogens with one attached hydrogen (secondary N) is 2. The lowest BCUT2D eigenvalue weighted by Gasteiger charge is -2.33. The zero-order chi connectivity index (χ0) is 21.2. The molecule has 0 atom stereocenters. The Morgan fingerprint density at radius 3 is 2.67 bits per heavy atom. The van der Waals surface area contributed by atoms with Crippen molar-refractivity contribution in [2.45, 2.75) is 25.4 Å². The summed E-state index contributed by atoms with van der Waals surface area (Å²) in [6, 6.07) is 5.37. The molecule has 0 saturated carbocycles. The van der Waals surface area contributed by atoms with Crippen molar-refractivity contribution >= 4 is 35.8 Å². The minimum atomic E-state index is -0.331. The SMILES string of the molecule is C=CCNC(=NCC(=O)N(C)C)NC1CCN(Cc2ccc(OC)c(F)c2)CC1.I. The van der Waals surface area contributed by atoms with Gasteiger partial charge in [0, 0.05) is 46.3 Å². The molecular weight excluding hydrogens is 500 g/mol. The molecule has 1 aromatic carbocycles. The Balaban J connectivity index is 0.00000450. The summed E-state index contributed by atoms with van der Waals surface area (Å²) in [7, 11) is 4.90. The highest BCUT2D eigenvalue weighted by Crippen LogP contribution is 2.20. The first-order chi connectivity index (χ1) is 13.9. The van der Waals surface area contributed by atoms with Gasteiger partial charge in [-0.15, -0.1) is 30.6 Å². The van der Waals surface area contributed by atoms with E-state index in [1.54, 1.807) is 26.2 Å². The molecule has 1 aliphatic rings. The second kappa shape index (κ2) is 13.4. The topological polar surface area (TPSA) is 69.2 Å². The third-order valence-electron chi connectivity index (χ3n) is 4.84. The number of likely N-dealkylation sites (tertiary alicyclic amines) is 1. The van der Waals surface area contributed by atoms with Crippen molar-refractivity contribution < 1.29 is 13.9 Å². The van der Waals surface area contributed by atoms with Gasteiger partial charge in [0.2, 0.25) is 5.91 Å². The molecule has 0 spiro atoms. The summed E-state index contributed by atoms with van der Waals surface area (Å²) in [5, 5.41) is 6.57. The number of methoxy groups -OCH3 is 1. The van der Waals surface area contributed by atoms with Crippen LogP contribution in [0, 0.1) is 5.82 Å². The number of hydrogen-bond donors (Lipinski definition) is 2. The standard InChI is InChI=1S/C21H32FN5O2.HI/c1-5-10-23-21(24-14-20(28)26(2)3)25-17-8-11-27(12-9-17)15-16-6-7-19(29-4)18(22)13-16;/h5-7,13,17H,1,8-12,14-15H2,2-4H3,(H2,23,24,25);1H. The number of halogens is 2. The maximum absolute atomic E-state index is 13.9. The van der Waals surface area contributed by atoms with Crippen molar-refractivity contribution in [1.29, 1.82) is 0 Å². The molecule has 0 radical (unpaired) electrons. The summed E-state index contributed by atoms with van der Waals surface area (Å²) in [6.07, 6.45) is 3.63. The highest BCUT2D eigenvalue weighted by atomic mass is 127. The van der Waals surface area contributed by atoms with Gasteiger partial charge in [-0.05, 0) is 30.5 Å². The van der Waals surface area contributed by atoms with Crippen molar-refractivity contribution in [1.82, 2.24) is 20.4 Å². The van der Waals surface area contributed by atoms with Gasteiger partial charge in [0.05, 0.1) is 7.11 Å². The van der Waals surface area contributed by atoms with Gasteiger partial charge in [-0.2, -0.15) is 0 Å². The third-order valence-corrected chi connectivity index (χ3v) is 4.84. The van der Waals surface area contributed by atoms with Gasteiger partial charge in [-0.3, -0.25) is 9.69 Å². The summed E-state index contributed by atoms with van der Waals surface area (Å²) >= 11 is 0. The first kappa shape index (κ1) is 26.2. The number of benzene rings is 1. The van der Waals surface area contributed by atoms with Crippen LogP contribution in [0.1, 0.15) is 18.4 Å². The average molecular weight is 533 g/mol. The third kappa shape index (κ3) is 8.47. The van der Waals surface area contributed by atoms with Gasteiger partial charge in [-0.1, -0.05) is 12.1 Å². The Kier molecular flexibility index (Phi) is 11.7. The second-order valence-electron chi connectivity index (χ2n) is 7.29. The zero-order valence-corrected chi connectivity index (χ0v) is 20.3. The fourth-order valence-electron chi connectivity index (χ4n) is 3.10. The number of guanidine groups is 1. The normalized spacial score (nSPS) is 15.1. The maximum atomic E-state index is 13.9. The number of amides is 1. The number of ether oxygens (including phenoxy) is 1. The van der Waals surface area contributed by atoms with E-state index in [1.165, 1.54) is 18.1 Å². The lowest BCUT2D eigenvalue weighted by Crippen LogP contribution is -2.48. The van der Waals surface area contributed by atoms with E-state index in [-0.39, 0.29) is 54.0 Å². The van der Waals surface area contributed by atoms with Gasteiger partial charge >= 0.3 is 0 Å². The second-order valence-corrected chi connectivity index (χ2v) is 7.29. The summed E-state index contributed by atoms with van der Waals surface area (Å²) in [5.74, 6) is 0.508. The van der Waals surface area contributed by atoms with Crippen molar-refractivity contribution in [3.05, 3.63) is 42.2 Å². The minimum absolute atomic E-state index is 0. The Bertz CT molecular complexity index is 721. The van der Waals surface area contributed by atoms with E-state index >= 15 is 0 Å². The molecule has 1 heterocycles. The molecule has 1 saturated heterocycles. The van der Waals surface area contributed by atoms with Crippen LogP contribution in [-0.4, -0.2) is 75.1 Å². The fraction of sp³-hybridized carbons (Fsp3) is 0.524. The van der Waals surface area contributed by atoms with Crippen molar-refractivity contribution in [3.63, 3.8) is 0 Å². The van der Waals surface area contributed by atoms with E-state index < -0.39 is 0 Å². The Hall–Kier alpha value is -1.88. The molecule has 1 aliphatic heterocycles. The van der Waals surface area contributed by atoms with Crippen LogP contribution in [0.2, 0.25) is 0 Å². The van der Waals surface area contributed by atoms with Crippen LogP contribution in [-0.2, 0) is 11.3 Å². The summed E-state index contributed by atoms with van der Waals surface area (Å²) in [6.45, 7) is 6.89. The largest absolute Gasteiger partial charge is 0.494 e. The fourth-order valence-corrected chi connectivity index (χ4v) is 3.10. The Labute approximate surface area is 195 Å². The number of hydrogen-bond acceptors (Lipinski definition) is 4. The number of carbonyl (C=O) groups is 1. The maximum Gasteiger partial charge on any atom is 0.243 e. The van der Waals surface area contributed by atoms with Crippen LogP contribution in [0.3, 0.4) is 0 Å². The summed E-state index contributed by atoms with van der Waals surface area (Å²) in [4.78, 5) is 20.0. The van der Waals surface area contributed by atoms with Crippen LogP contribution in [0.25, 0.3) is 0 Å². The molecule has 7 nitrogen and oxygen atoms in total. The average Bonchev–Trinajstić information content (AvgIpc) is 2.71. The van der Waals surface area contributed by atoms with Crippen LogP contribution in [0.15, 0.2) is 35.8 Å². The van der Waals surface area contributed by atoms with E-state index in [0.29, 0.717) is 19.0 Å². The molecule has 168 valence electrons. The number of piperidine rings is 1. The molecule has 0 aliphatic carbocycles. The van der Waals surface area contributed by atoms with Crippen molar-refractivity contribution in [3.8, 4) is 5.75 Å². The highest BCUT2D eigenvalue weighted by Gasteiger charge is 2.20. The number of nitrogens with zero attached hydrogens (tertiary/aromatic N) is 3. The van der Waals surface area contributed by atoms with Gasteiger partial charge in [-0.25, -0.2) is 9.38 Å². The summed E-state index contributed by atoms with van der Waals surface area (Å²) < 4.78 is 18.9. The molecule has 1 amide bonds. The van der Waals surface area contributed by atoms with E-state index in [9.17, 15) is 9.18 Å². The van der Waals surface area contributed by atoms with Crippen LogP contribution >= 0.6 is 24.0 Å². The lowest BCUT2D eigenvalue weighted by molar-refractivity contribution is -0.127. The molecule has 9 heteroatoms. The summed E-state index contributed by atoms with van der Waals surface area (Å²) in [5.41, 5.74) is 0.937. The van der Waals surface area contributed by atoms with E-state index in [2.05, 4.69) is 27.1 Å². The van der Waals surface area contributed by atoms with Crippen LogP contribution in [0.5, 0.6) is 5.75 Å². The Morgan fingerprint density at radius 1 is 1.40 bits per heavy atom. The Morgan fingerprint density at radius 2 is 2.10 bits per heavy atom. The zero-order valence-electron chi connectivity index (χ0n) is 18.0. The van der Waals surface area contributed by atoms with Gasteiger partial charge in [0.25, 0.3) is 0 Å². The molecule has 0 unspecified atom stereocenters. The van der Waals surface area contributed by atoms with Crippen molar-refractivity contribution in [2.75, 3.05) is 47.4 Å². The molecule has 2 rings (SSSR count). The predicted octanol–water partition coefficient (Wildman–Crippen LogP) is 2.23.